The molecule has 1 N–H and O–H groups in total. The maximum Gasteiger partial charge on any atom is 0.246 e. The van der Waals surface area contributed by atoms with E-state index in [9.17, 15) is 9.59 Å². The largest absolute Gasteiger partial charge is 0.380 e. The van der Waals surface area contributed by atoms with Crippen LogP contribution in [-0.4, -0.2) is 48.6 Å². The summed E-state index contributed by atoms with van der Waals surface area (Å²) in [5, 5.41) is 2.81. The first kappa shape index (κ1) is 15.0. The lowest BCUT2D eigenvalue weighted by atomic mass is 9.84. The van der Waals surface area contributed by atoms with Gasteiger partial charge in [-0.05, 0) is 19.3 Å². The van der Waals surface area contributed by atoms with Crippen molar-refractivity contribution in [2.75, 3.05) is 19.8 Å². The predicted molar refractivity (Wildman–Crippen MR) is 69.1 cm³/mol. The molecule has 1 fully saturated rings. The molecule has 1 aliphatic heterocycles. The molecule has 1 saturated heterocycles. The summed E-state index contributed by atoms with van der Waals surface area (Å²) >= 11 is 0. The number of nitrogens with zero attached hydrogens (tertiary/aromatic N) is 1. The van der Waals surface area contributed by atoms with Gasteiger partial charge in [0, 0.05) is 13.2 Å². The number of rotatable bonds is 4. The molecule has 1 heterocycles. The van der Waals surface area contributed by atoms with Crippen LogP contribution in [0.1, 0.15) is 34.6 Å². The summed E-state index contributed by atoms with van der Waals surface area (Å²) in [4.78, 5) is 25.9. The molecule has 1 rings (SSSR count). The van der Waals surface area contributed by atoms with E-state index >= 15 is 0 Å². The number of carbonyl (C=O) groups excluding carboxylic acids is 2. The lowest BCUT2D eigenvalue weighted by Crippen LogP contribution is -2.66. The third-order valence-electron chi connectivity index (χ3n) is 3.21. The van der Waals surface area contributed by atoms with E-state index in [1.165, 1.54) is 0 Å². The summed E-state index contributed by atoms with van der Waals surface area (Å²) < 4.78 is 5.26. The molecule has 0 bridgehead atoms. The Bertz CT molecular complexity index is 323. The van der Waals surface area contributed by atoms with Gasteiger partial charge in [-0.3, -0.25) is 9.59 Å². The molecule has 2 amide bonds. The molecular formula is C13H24N2O3. The van der Waals surface area contributed by atoms with Crippen molar-refractivity contribution in [3.8, 4) is 0 Å². The fourth-order valence-corrected chi connectivity index (χ4v) is 2.02. The molecule has 0 spiro atoms. The monoisotopic (exact) mass is 256 g/mol. The SMILES string of the molecule is CCOCCN1C(=O)C(C(C)(C)C)NC(=O)C1C. The van der Waals surface area contributed by atoms with E-state index in [0.717, 1.165) is 0 Å². The van der Waals surface area contributed by atoms with Gasteiger partial charge in [0.25, 0.3) is 0 Å². The second kappa shape index (κ2) is 5.69. The van der Waals surface area contributed by atoms with Crippen molar-refractivity contribution in [3.05, 3.63) is 0 Å². The van der Waals surface area contributed by atoms with Crippen molar-refractivity contribution in [1.82, 2.24) is 10.2 Å². The molecule has 0 aromatic carbocycles. The minimum atomic E-state index is -0.456. The molecule has 0 aliphatic carbocycles. The summed E-state index contributed by atoms with van der Waals surface area (Å²) in [5.74, 6) is -0.111. The van der Waals surface area contributed by atoms with Gasteiger partial charge in [-0.25, -0.2) is 0 Å². The van der Waals surface area contributed by atoms with Crippen LogP contribution >= 0.6 is 0 Å². The van der Waals surface area contributed by atoms with Crippen molar-refractivity contribution >= 4 is 11.8 Å². The highest BCUT2D eigenvalue weighted by Gasteiger charge is 2.43. The van der Waals surface area contributed by atoms with Gasteiger partial charge in [0.2, 0.25) is 11.8 Å². The van der Waals surface area contributed by atoms with E-state index in [0.29, 0.717) is 19.8 Å². The van der Waals surface area contributed by atoms with Gasteiger partial charge in [-0.2, -0.15) is 0 Å². The van der Waals surface area contributed by atoms with Crippen molar-refractivity contribution in [2.45, 2.75) is 46.7 Å². The lowest BCUT2D eigenvalue weighted by Gasteiger charge is -2.42. The Balaban J connectivity index is 2.79. The van der Waals surface area contributed by atoms with E-state index < -0.39 is 12.1 Å². The summed E-state index contributed by atoms with van der Waals surface area (Å²) in [6, 6.07) is -0.876. The van der Waals surface area contributed by atoms with Crippen LogP contribution in [0, 0.1) is 5.41 Å². The number of carbonyl (C=O) groups is 2. The Hall–Kier alpha value is -1.10. The Morgan fingerprint density at radius 2 is 1.94 bits per heavy atom. The minimum Gasteiger partial charge on any atom is -0.380 e. The van der Waals surface area contributed by atoms with Crippen molar-refractivity contribution in [3.63, 3.8) is 0 Å². The van der Waals surface area contributed by atoms with Gasteiger partial charge in [0.1, 0.15) is 12.1 Å². The lowest BCUT2D eigenvalue weighted by molar-refractivity contribution is -0.152. The highest BCUT2D eigenvalue weighted by Crippen LogP contribution is 2.24. The highest BCUT2D eigenvalue weighted by molar-refractivity contribution is 5.97. The molecule has 0 aromatic heterocycles. The van der Waals surface area contributed by atoms with Gasteiger partial charge in [0.05, 0.1) is 6.61 Å². The highest BCUT2D eigenvalue weighted by atomic mass is 16.5. The van der Waals surface area contributed by atoms with Gasteiger partial charge in [-0.1, -0.05) is 20.8 Å². The second-order valence-corrected chi connectivity index (χ2v) is 5.71. The molecular weight excluding hydrogens is 232 g/mol. The molecule has 104 valence electrons. The smallest absolute Gasteiger partial charge is 0.246 e. The first-order valence-electron chi connectivity index (χ1n) is 6.47. The standard InChI is InChI=1S/C13H24N2O3/c1-6-18-8-7-15-9(2)11(16)14-10(12(15)17)13(3,4)5/h9-10H,6-8H2,1-5H3,(H,14,16). The van der Waals surface area contributed by atoms with E-state index in [4.69, 9.17) is 4.74 Å². The van der Waals surface area contributed by atoms with Crippen LogP contribution in [0.3, 0.4) is 0 Å². The number of ether oxygens (including phenoxy) is 1. The molecule has 2 atom stereocenters. The zero-order chi connectivity index (χ0) is 13.9. The number of hydrogen-bond donors (Lipinski definition) is 1. The Labute approximate surface area is 109 Å². The second-order valence-electron chi connectivity index (χ2n) is 5.71. The summed E-state index contributed by atoms with van der Waals surface area (Å²) in [6.45, 7) is 11.1. The average molecular weight is 256 g/mol. The summed E-state index contributed by atoms with van der Waals surface area (Å²) in [6.07, 6.45) is 0. The van der Waals surface area contributed by atoms with Gasteiger partial charge < -0.3 is 15.0 Å². The third kappa shape index (κ3) is 3.22. The zero-order valence-electron chi connectivity index (χ0n) is 11.9. The summed E-state index contributed by atoms with van der Waals surface area (Å²) in [7, 11) is 0. The van der Waals surface area contributed by atoms with Crippen LogP contribution in [0.15, 0.2) is 0 Å². The number of nitrogens with one attached hydrogen (secondary N) is 1. The predicted octanol–water partition coefficient (Wildman–Crippen LogP) is 0.784. The topological polar surface area (TPSA) is 58.6 Å². The molecule has 1 aliphatic rings. The van der Waals surface area contributed by atoms with Crippen molar-refractivity contribution in [1.29, 1.82) is 0 Å². The van der Waals surface area contributed by atoms with E-state index in [2.05, 4.69) is 5.32 Å². The van der Waals surface area contributed by atoms with E-state index in [-0.39, 0.29) is 17.2 Å². The first-order valence-corrected chi connectivity index (χ1v) is 6.47. The normalized spacial score (nSPS) is 25.3. The molecule has 5 heteroatoms. The number of amides is 2. The summed E-state index contributed by atoms with van der Waals surface area (Å²) in [5.41, 5.74) is -0.281. The molecule has 5 nitrogen and oxygen atoms in total. The number of piperazine rings is 1. The van der Waals surface area contributed by atoms with Gasteiger partial charge in [-0.15, -0.1) is 0 Å². The molecule has 2 unspecified atom stereocenters. The maximum absolute atomic E-state index is 12.4. The van der Waals surface area contributed by atoms with E-state index in [1.54, 1.807) is 11.8 Å². The van der Waals surface area contributed by atoms with Gasteiger partial charge >= 0.3 is 0 Å². The average Bonchev–Trinajstić information content (AvgIpc) is 2.26. The van der Waals surface area contributed by atoms with Crippen LogP contribution in [0.4, 0.5) is 0 Å². The molecule has 0 aromatic rings. The van der Waals surface area contributed by atoms with Crippen LogP contribution in [0.2, 0.25) is 0 Å². The molecule has 0 saturated carbocycles. The van der Waals surface area contributed by atoms with Crippen LogP contribution in [0.25, 0.3) is 0 Å². The molecule has 0 radical (unpaired) electrons. The van der Waals surface area contributed by atoms with Crippen LogP contribution < -0.4 is 5.32 Å². The molecule has 18 heavy (non-hydrogen) atoms. The zero-order valence-corrected chi connectivity index (χ0v) is 11.9. The maximum atomic E-state index is 12.4. The Morgan fingerprint density at radius 1 is 1.33 bits per heavy atom. The van der Waals surface area contributed by atoms with E-state index in [1.807, 2.05) is 27.7 Å². The van der Waals surface area contributed by atoms with Gasteiger partial charge in [0.15, 0.2) is 0 Å². The third-order valence-corrected chi connectivity index (χ3v) is 3.21. The fraction of sp³-hybridized carbons (Fsp3) is 0.846. The van der Waals surface area contributed by atoms with Crippen LogP contribution in [0.5, 0.6) is 0 Å². The van der Waals surface area contributed by atoms with Crippen molar-refractivity contribution < 1.29 is 14.3 Å². The Morgan fingerprint density at radius 3 is 2.44 bits per heavy atom. The minimum absolute atomic E-state index is 0.0192. The van der Waals surface area contributed by atoms with Crippen molar-refractivity contribution in [2.24, 2.45) is 5.41 Å². The first-order chi connectivity index (χ1) is 8.29. The fourth-order valence-electron chi connectivity index (χ4n) is 2.02. The van der Waals surface area contributed by atoms with Crippen LogP contribution in [-0.2, 0) is 14.3 Å². The number of hydrogen-bond acceptors (Lipinski definition) is 3. The Kier molecular flexibility index (Phi) is 4.73. The quantitative estimate of drug-likeness (QED) is 0.756.